The fourth-order valence-electron chi connectivity index (χ4n) is 6.14. The number of carbonyl (C=O) groups excluding carboxylic acids is 3. The van der Waals surface area contributed by atoms with Crippen LogP contribution in [0, 0.1) is 0 Å². The van der Waals surface area contributed by atoms with Gasteiger partial charge < -0.3 is 28.4 Å². The number of carbonyl (C=O) groups is 3. The summed E-state index contributed by atoms with van der Waals surface area (Å²) in [5.74, 6) is -0.168. The lowest BCUT2D eigenvalue weighted by Gasteiger charge is -2.49. The standard InChI is InChI=1S/C26H23NO9/c1-31-15-6-5-13-18(22(15)32-2)21-19(24(29)33-3)20(25(30)34-4)26(23(13)28)14-10-17-16(35-11-36-17)9-12(14)7-8-27(21)26/h5-6,9-10,21H,7-8,11H2,1-4H3. The van der Waals surface area contributed by atoms with Gasteiger partial charge in [-0.15, -0.1) is 0 Å². The van der Waals surface area contributed by atoms with Crippen LogP contribution in [-0.2, 0) is 31.0 Å². The molecule has 0 spiro atoms. The molecule has 6 rings (SSSR count). The Hall–Kier alpha value is -4.05. The summed E-state index contributed by atoms with van der Waals surface area (Å²) < 4.78 is 32.7. The Morgan fingerprint density at radius 3 is 2.39 bits per heavy atom. The zero-order chi connectivity index (χ0) is 25.4. The highest BCUT2D eigenvalue weighted by Gasteiger charge is 2.67. The van der Waals surface area contributed by atoms with Crippen LogP contribution in [0.1, 0.15) is 33.1 Å². The first-order chi connectivity index (χ1) is 17.4. The van der Waals surface area contributed by atoms with E-state index in [4.69, 9.17) is 28.4 Å². The SMILES string of the molecule is COC(=O)C1=C(C(=O)OC)C23C(=O)c4ccc(OC)c(OC)c4C1N2CCc1cc2c(cc13)OCO2. The molecular formula is C26H23NO9. The molecule has 0 saturated heterocycles. The van der Waals surface area contributed by atoms with Crippen molar-refractivity contribution in [2.45, 2.75) is 18.0 Å². The maximum Gasteiger partial charge on any atom is 0.337 e. The number of hydrogen-bond acceptors (Lipinski definition) is 10. The van der Waals surface area contributed by atoms with Crippen molar-refractivity contribution in [1.29, 1.82) is 0 Å². The molecule has 4 aliphatic rings. The van der Waals surface area contributed by atoms with Crippen LogP contribution in [-0.4, -0.2) is 64.4 Å². The van der Waals surface area contributed by atoms with E-state index in [0.29, 0.717) is 52.7 Å². The molecule has 2 aromatic carbocycles. The van der Waals surface area contributed by atoms with Crippen LogP contribution in [0.5, 0.6) is 23.0 Å². The maximum atomic E-state index is 14.6. The predicted molar refractivity (Wildman–Crippen MR) is 122 cm³/mol. The minimum atomic E-state index is -1.62. The molecule has 4 heterocycles. The zero-order valence-electron chi connectivity index (χ0n) is 20.1. The number of esters is 2. The van der Waals surface area contributed by atoms with Gasteiger partial charge in [0.15, 0.2) is 28.8 Å². The molecule has 10 heteroatoms. The van der Waals surface area contributed by atoms with Crippen molar-refractivity contribution in [3.63, 3.8) is 0 Å². The molecule has 0 N–H and O–H groups in total. The van der Waals surface area contributed by atoms with Gasteiger partial charge in [0.05, 0.1) is 45.6 Å². The number of ketones is 1. The van der Waals surface area contributed by atoms with Gasteiger partial charge in [0.2, 0.25) is 6.79 Å². The number of Topliss-reactive ketones (excluding diaryl/α,β-unsaturated/α-hetero) is 1. The molecule has 0 radical (unpaired) electrons. The van der Waals surface area contributed by atoms with Crippen LogP contribution in [0.15, 0.2) is 35.4 Å². The second kappa shape index (κ2) is 7.72. The van der Waals surface area contributed by atoms with Gasteiger partial charge in [0.1, 0.15) is 5.54 Å². The van der Waals surface area contributed by atoms with Gasteiger partial charge in [-0.25, -0.2) is 9.59 Å². The summed E-state index contributed by atoms with van der Waals surface area (Å²) in [5.41, 5.74) is 0.479. The molecule has 2 bridgehead atoms. The first-order valence-electron chi connectivity index (χ1n) is 11.3. The van der Waals surface area contributed by atoms with E-state index in [9.17, 15) is 14.4 Å². The summed E-state index contributed by atoms with van der Waals surface area (Å²) in [7, 11) is 5.41. The van der Waals surface area contributed by atoms with Gasteiger partial charge in [-0.2, -0.15) is 0 Å². The molecule has 2 aromatic rings. The topological polar surface area (TPSA) is 110 Å². The van der Waals surface area contributed by atoms with Crippen LogP contribution in [0.25, 0.3) is 0 Å². The third-order valence-corrected chi connectivity index (χ3v) is 7.48. The summed E-state index contributed by atoms with van der Waals surface area (Å²) >= 11 is 0. The second-order valence-electron chi connectivity index (χ2n) is 8.78. The highest BCUT2D eigenvalue weighted by Crippen LogP contribution is 2.63. The highest BCUT2D eigenvalue weighted by molar-refractivity contribution is 6.19. The van der Waals surface area contributed by atoms with E-state index >= 15 is 0 Å². The Morgan fingerprint density at radius 1 is 1.00 bits per heavy atom. The van der Waals surface area contributed by atoms with Gasteiger partial charge in [0, 0.05) is 17.7 Å². The molecule has 2 unspecified atom stereocenters. The van der Waals surface area contributed by atoms with Gasteiger partial charge in [-0.3, -0.25) is 9.69 Å². The summed E-state index contributed by atoms with van der Waals surface area (Å²) in [6, 6.07) is 6.03. The Kier molecular flexibility index (Phi) is 4.81. The van der Waals surface area contributed by atoms with E-state index in [1.807, 2.05) is 11.0 Å². The minimum Gasteiger partial charge on any atom is -0.493 e. The molecule has 0 amide bonds. The predicted octanol–water partition coefficient (Wildman–Crippen LogP) is 2.08. The van der Waals surface area contributed by atoms with E-state index in [-0.39, 0.29) is 23.7 Å². The largest absolute Gasteiger partial charge is 0.493 e. The van der Waals surface area contributed by atoms with E-state index in [0.717, 1.165) is 5.56 Å². The van der Waals surface area contributed by atoms with E-state index in [1.54, 1.807) is 18.2 Å². The van der Waals surface area contributed by atoms with E-state index in [1.165, 1.54) is 28.4 Å². The average molecular weight is 493 g/mol. The number of fused-ring (bicyclic) bond motifs is 4. The van der Waals surface area contributed by atoms with Gasteiger partial charge in [-0.1, -0.05) is 0 Å². The summed E-state index contributed by atoms with van der Waals surface area (Å²) in [6.45, 7) is 0.419. The van der Waals surface area contributed by atoms with Crippen molar-refractivity contribution in [2.24, 2.45) is 0 Å². The van der Waals surface area contributed by atoms with Crippen LogP contribution in [0.2, 0.25) is 0 Å². The molecular weight excluding hydrogens is 470 g/mol. The van der Waals surface area contributed by atoms with Crippen LogP contribution >= 0.6 is 0 Å². The Bertz CT molecular complexity index is 1390. The minimum absolute atomic E-state index is 0.0357. The Balaban J connectivity index is 1.77. The number of nitrogens with zero attached hydrogens (tertiary/aromatic N) is 1. The average Bonchev–Trinajstić information content (AvgIpc) is 3.47. The van der Waals surface area contributed by atoms with E-state index in [2.05, 4.69) is 0 Å². The molecule has 10 nitrogen and oxygen atoms in total. The molecule has 4 aliphatic heterocycles. The first kappa shape index (κ1) is 22.4. The van der Waals surface area contributed by atoms with Crippen molar-refractivity contribution in [3.05, 3.63) is 57.7 Å². The monoisotopic (exact) mass is 493 g/mol. The van der Waals surface area contributed by atoms with E-state index < -0.39 is 23.5 Å². The normalized spacial score (nSPS) is 23.0. The lowest BCUT2D eigenvalue weighted by molar-refractivity contribution is -0.139. The van der Waals surface area contributed by atoms with Crippen molar-refractivity contribution in [2.75, 3.05) is 41.8 Å². The van der Waals surface area contributed by atoms with Crippen LogP contribution in [0.3, 0.4) is 0 Å². The summed E-state index contributed by atoms with van der Waals surface area (Å²) in [4.78, 5) is 43.3. The molecule has 0 saturated carbocycles. The number of ether oxygens (including phenoxy) is 6. The maximum absolute atomic E-state index is 14.6. The van der Waals surface area contributed by atoms with Crippen molar-refractivity contribution in [1.82, 2.24) is 4.90 Å². The third kappa shape index (κ3) is 2.51. The molecule has 0 aromatic heterocycles. The van der Waals surface area contributed by atoms with Crippen LogP contribution in [0.4, 0.5) is 0 Å². The zero-order valence-corrected chi connectivity index (χ0v) is 20.1. The lowest BCUT2D eigenvalue weighted by Crippen LogP contribution is -2.58. The third-order valence-electron chi connectivity index (χ3n) is 7.48. The van der Waals surface area contributed by atoms with Crippen LogP contribution < -0.4 is 18.9 Å². The smallest absolute Gasteiger partial charge is 0.337 e. The number of benzene rings is 2. The molecule has 0 fully saturated rings. The van der Waals surface area contributed by atoms with Gasteiger partial charge in [0.25, 0.3) is 0 Å². The first-order valence-corrected chi connectivity index (χ1v) is 11.3. The van der Waals surface area contributed by atoms with Gasteiger partial charge in [-0.05, 0) is 41.8 Å². The fourth-order valence-corrected chi connectivity index (χ4v) is 6.14. The number of methoxy groups -OCH3 is 4. The highest BCUT2D eigenvalue weighted by atomic mass is 16.7. The Labute approximate surface area is 206 Å². The number of hydrogen-bond donors (Lipinski definition) is 0. The Morgan fingerprint density at radius 2 is 1.72 bits per heavy atom. The lowest BCUT2D eigenvalue weighted by atomic mass is 9.70. The summed E-state index contributed by atoms with van der Waals surface area (Å²) in [6.07, 6.45) is 0.544. The van der Waals surface area contributed by atoms with Crippen molar-refractivity contribution < 1.29 is 42.8 Å². The van der Waals surface area contributed by atoms with Gasteiger partial charge >= 0.3 is 11.9 Å². The summed E-state index contributed by atoms with van der Waals surface area (Å²) in [5, 5.41) is 0. The number of rotatable bonds is 4. The quantitative estimate of drug-likeness (QED) is 0.587. The van der Waals surface area contributed by atoms with Crippen molar-refractivity contribution in [3.8, 4) is 23.0 Å². The fraction of sp³-hybridized carbons (Fsp3) is 0.346. The molecule has 0 aliphatic carbocycles. The molecule has 186 valence electrons. The van der Waals surface area contributed by atoms with Crippen molar-refractivity contribution >= 4 is 17.7 Å². The molecule has 2 atom stereocenters. The second-order valence-corrected chi connectivity index (χ2v) is 8.78. The molecule has 36 heavy (non-hydrogen) atoms.